The predicted molar refractivity (Wildman–Crippen MR) is 289 cm³/mol. The summed E-state index contributed by atoms with van der Waals surface area (Å²) in [5, 5.41) is 0.996. The van der Waals surface area contributed by atoms with Crippen LogP contribution in [0, 0.1) is 35.1 Å². The third-order valence-corrected chi connectivity index (χ3v) is 15.7. The molecule has 4 aromatic heterocycles. The molecule has 0 unspecified atom stereocenters. The first kappa shape index (κ1) is 55.4. The van der Waals surface area contributed by atoms with Crippen LogP contribution in [0.25, 0.3) is 23.8 Å². The monoisotopic (exact) mass is 1160 g/mol. The molecule has 2 saturated heterocycles. The highest BCUT2D eigenvalue weighted by Crippen LogP contribution is 2.49. The van der Waals surface area contributed by atoms with Crippen LogP contribution in [0.3, 0.4) is 0 Å². The number of aliphatic imine (C=N–C) groups is 2. The summed E-state index contributed by atoms with van der Waals surface area (Å²) >= 11 is 8.58. The maximum Gasteiger partial charge on any atom is 0.272 e. The number of benzene rings is 3. The number of ketones is 1. The summed E-state index contributed by atoms with van der Waals surface area (Å²) < 4.78 is 117. The highest BCUT2D eigenvalue weighted by atomic mass is 35.5. The number of alkyl halides is 2. The first-order valence-corrected chi connectivity index (χ1v) is 26.7. The Bertz CT molecular complexity index is 3520. The van der Waals surface area contributed by atoms with E-state index in [2.05, 4.69) is 44.9 Å². The molecule has 0 spiro atoms. The maximum absolute atomic E-state index is 15.7. The van der Waals surface area contributed by atoms with Gasteiger partial charge in [-0.05, 0) is 47.5 Å². The standard InChI is InChI=1S/C30H22ClF3N6OS.C24H20F5N7OS/c31-27-14-35-25(13-36-27)24(34)9-18-6-7-23(33)22(8-18)30-17-40(29-37-11-21(32)12-38-29)15-20(30)16-42-28(39-30)10-26(41)19-4-2-1-3-5-19;25-15-5-33-23(34-6-15)36-9-14-11-38-22(30)35-24(14,12-36)16-3-13(1-2-17(16)26)4-18(27)19-7-32-21(8-31-19)37-10-20(28)29/h1-9,11-14,20H,10,15-17H2;1-8,14,20H,9-12H2,(H2,30,35)/b24-9-;18-4-/t20-,30-;14-,24-/m00/s1. The number of anilines is 2. The molecule has 15 nitrogen and oxygen atoms in total. The van der Waals surface area contributed by atoms with Gasteiger partial charge in [0.05, 0.1) is 74.1 Å². The quantitative estimate of drug-likeness (QED) is 0.0800. The molecule has 0 aliphatic carbocycles. The number of ether oxygens (including phenoxy) is 1. The molecule has 0 saturated carbocycles. The summed E-state index contributed by atoms with van der Waals surface area (Å²) in [5.41, 5.74) is 5.42. The summed E-state index contributed by atoms with van der Waals surface area (Å²) in [6.45, 7) is 0.365. The van der Waals surface area contributed by atoms with E-state index >= 15 is 13.2 Å². The minimum Gasteiger partial charge on any atom is -0.470 e. The lowest BCUT2D eigenvalue weighted by molar-refractivity contribution is 0.0793. The number of carbonyl (C=O) groups excluding carboxylic acids is 1. The van der Waals surface area contributed by atoms with Crippen LogP contribution in [0.15, 0.2) is 126 Å². The molecule has 8 heterocycles. The van der Waals surface area contributed by atoms with E-state index in [1.54, 1.807) is 35.2 Å². The summed E-state index contributed by atoms with van der Waals surface area (Å²) in [5.74, 6) is -2.65. The van der Waals surface area contributed by atoms with E-state index in [4.69, 9.17) is 27.1 Å². The highest BCUT2D eigenvalue weighted by molar-refractivity contribution is 8.14. The van der Waals surface area contributed by atoms with Crippen LogP contribution in [0.4, 0.5) is 47.0 Å². The van der Waals surface area contributed by atoms with E-state index in [0.29, 0.717) is 51.5 Å². The number of fused-ring (bicyclic) bond motifs is 2. The van der Waals surface area contributed by atoms with Crippen molar-refractivity contribution < 1.29 is 44.7 Å². The van der Waals surface area contributed by atoms with E-state index in [1.807, 2.05) is 11.0 Å². The van der Waals surface area contributed by atoms with Gasteiger partial charge in [0.25, 0.3) is 6.43 Å². The summed E-state index contributed by atoms with van der Waals surface area (Å²) in [7, 11) is 0. The normalized spacial score (nSPS) is 20.8. The minimum atomic E-state index is -2.68. The van der Waals surface area contributed by atoms with Crippen LogP contribution in [0.1, 0.15) is 50.4 Å². The molecule has 7 aromatic rings. The topological polar surface area (TPSA) is 187 Å². The van der Waals surface area contributed by atoms with E-state index in [-0.39, 0.29) is 82.6 Å². The van der Waals surface area contributed by atoms with Crippen molar-refractivity contribution >= 4 is 86.8 Å². The average Bonchev–Trinajstić information content (AvgIpc) is 4.04. The Morgan fingerprint density at radius 3 is 1.71 bits per heavy atom. The maximum atomic E-state index is 15.7. The van der Waals surface area contributed by atoms with Gasteiger partial charge in [-0.15, -0.1) is 11.8 Å². The lowest BCUT2D eigenvalue weighted by Gasteiger charge is -2.36. The van der Waals surface area contributed by atoms with Gasteiger partial charge in [-0.2, -0.15) is 0 Å². The summed E-state index contributed by atoms with van der Waals surface area (Å²) in [4.78, 5) is 58.2. The smallest absolute Gasteiger partial charge is 0.272 e. The van der Waals surface area contributed by atoms with Crippen LogP contribution in [0.5, 0.6) is 5.88 Å². The molecule has 3 aromatic carbocycles. The van der Waals surface area contributed by atoms with Crippen LogP contribution in [-0.2, 0) is 11.1 Å². The fourth-order valence-corrected chi connectivity index (χ4v) is 12.0. The van der Waals surface area contributed by atoms with E-state index in [9.17, 15) is 26.7 Å². The zero-order valence-corrected chi connectivity index (χ0v) is 43.9. The molecular formula is C54H42ClF8N13O2S2. The van der Waals surface area contributed by atoms with Crippen LogP contribution < -0.4 is 20.3 Å². The van der Waals surface area contributed by atoms with Crippen molar-refractivity contribution in [2.75, 3.05) is 54.1 Å². The number of hydrogen-bond acceptors (Lipinski definition) is 17. The largest absolute Gasteiger partial charge is 0.470 e. The van der Waals surface area contributed by atoms with Gasteiger partial charge >= 0.3 is 0 Å². The molecule has 4 atom stereocenters. The number of nitrogens with zero attached hydrogens (tertiary/aromatic N) is 12. The first-order chi connectivity index (χ1) is 38.5. The number of carbonyl (C=O) groups is 1. The molecule has 0 radical (unpaired) electrons. The average molecular weight is 1160 g/mol. The second kappa shape index (κ2) is 23.8. The van der Waals surface area contributed by atoms with Crippen molar-refractivity contribution in [3.63, 3.8) is 0 Å². The van der Waals surface area contributed by atoms with Gasteiger partial charge in [0.2, 0.25) is 17.8 Å². The number of amidine groups is 1. The van der Waals surface area contributed by atoms with Crippen molar-refractivity contribution in [1.29, 1.82) is 0 Å². The SMILES string of the molecule is NC1=N[C@@]2(c3cc(/C=C(\F)c4cnc(OCC(F)F)cn4)ccc3F)CN(c3ncc(F)cn3)C[C@H]2CS1.O=C(CC1=N[C@@]2(c3cc(/C=C(\F)c4cnc(Cl)cn4)ccc3F)CN(c3ncc(F)cn3)C[C@H]2CS1)c1ccccc1. The van der Waals surface area contributed by atoms with E-state index < -0.39 is 59.0 Å². The fraction of sp³-hybridized carbons (Fsp3) is 0.241. The third kappa shape index (κ3) is 12.3. The van der Waals surface area contributed by atoms with E-state index in [1.165, 1.54) is 72.3 Å². The Hall–Kier alpha value is -7.90. The zero-order valence-electron chi connectivity index (χ0n) is 41.5. The van der Waals surface area contributed by atoms with Gasteiger partial charge < -0.3 is 20.3 Å². The van der Waals surface area contributed by atoms with Gasteiger partial charge in [-0.1, -0.05) is 65.8 Å². The van der Waals surface area contributed by atoms with Gasteiger partial charge in [-0.25, -0.2) is 80.0 Å². The fourth-order valence-electron chi connectivity index (χ4n) is 9.70. The van der Waals surface area contributed by atoms with Gasteiger partial charge in [-0.3, -0.25) is 9.79 Å². The number of hydrogen-bond donors (Lipinski definition) is 1. The van der Waals surface area contributed by atoms with Crippen LogP contribution in [0.2, 0.25) is 5.15 Å². The molecule has 4 aliphatic heterocycles. The van der Waals surface area contributed by atoms with Crippen molar-refractivity contribution in [3.05, 3.63) is 184 Å². The molecule has 0 amide bonds. The minimum absolute atomic E-state index is 0.0180. The number of Topliss-reactive ketones (excluding diaryl/α,β-unsaturated/α-hetero) is 1. The highest BCUT2D eigenvalue weighted by Gasteiger charge is 2.53. The molecule has 11 rings (SSSR count). The number of halogens is 9. The second-order valence-corrected chi connectivity index (χ2v) is 21.1. The summed E-state index contributed by atoms with van der Waals surface area (Å²) in [6.07, 6.45) is 8.56. The number of aromatic nitrogens is 8. The van der Waals surface area contributed by atoms with E-state index in [0.717, 1.165) is 43.3 Å². The number of thioether (sulfide) groups is 2. The van der Waals surface area contributed by atoms with Crippen molar-refractivity contribution in [2.45, 2.75) is 23.9 Å². The Morgan fingerprint density at radius 2 is 1.20 bits per heavy atom. The Morgan fingerprint density at radius 1 is 0.675 bits per heavy atom. The third-order valence-electron chi connectivity index (χ3n) is 13.4. The molecule has 2 N–H and O–H groups in total. The second-order valence-electron chi connectivity index (χ2n) is 18.6. The number of nitrogens with two attached hydrogens (primary N) is 1. The van der Waals surface area contributed by atoms with Gasteiger partial charge in [0.1, 0.15) is 39.3 Å². The molecule has 4 aliphatic rings. The molecule has 0 bridgehead atoms. The molecular weight excluding hydrogens is 1110 g/mol. The first-order valence-electron chi connectivity index (χ1n) is 24.3. The van der Waals surface area contributed by atoms with Crippen molar-refractivity contribution in [2.24, 2.45) is 27.6 Å². The van der Waals surface area contributed by atoms with Gasteiger partial charge in [0.15, 0.2) is 40.8 Å². The Balaban J connectivity index is 0.000000181. The van der Waals surface area contributed by atoms with Crippen molar-refractivity contribution in [3.8, 4) is 5.88 Å². The summed E-state index contributed by atoms with van der Waals surface area (Å²) in [6, 6.07) is 17.3. The zero-order chi connectivity index (χ0) is 56.1. The molecule has 2 fully saturated rings. The van der Waals surface area contributed by atoms with Crippen LogP contribution in [-0.4, -0.2) is 107 Å². The Labute approximate surface area is 464 Å². The molecule has 410 valence electrons. The molecule has 26 heteroatoms. The Kier molecular flexibility index (Phi) is 16.5. The molecule has 80 heavy (non-hydrogen) atoms. The lowest BCUT2D eigenvalue weighted by atomic mass is 9.80. The van der Waals surface area contributed by atoms with Crippen LogP contribution >= 0.6 is 35.1 Å². The van der Waals surface area contributed by atoms with Crippen molar-refractivity contribution in [1.82, 2.24) is 39.9 Å². The number of rotatable bonds is 14. The predicted octanol–water partition coefficient (Wildman–Crippen LogP) is 10.5. The van der Waals surface area contributed by atoms with Gasteiger partial charge in [0, 0.05) is 53.1 Å². The lowest BCUT2D eigenvalue weighted by Crippen LogP contribution is -2.40.